The average Bonchev–Trinajstić information content (AvgIpc) is 2.18. The van der Waals surface area contributed by atoms with Gasteiger partial charge in [-0.2, -0.15) is 8.78 Å². The lowest BCUT2D eigenvalue weighted by Gasteiger charge is -2.05. The third-order valence-corrected chi connectivity index (χ3v) is 1.54. The molecule has 5 heteroatoms. The Labute approximate surface area is 84.0 Å². The summed E-state index contributed by atoms with van der Waals surface area (Å²) in [5.74, 6) is -1.42. The van der Waals surface area contributed by atoms with Crippen LogP contribution in [0.4, 0.5) is 13.2 Å². The van der Waals surface area contributed by atoms with Gasteiger partial charge in [0, 0.05) is 0 Å². The highest BCUT2D eigenvalue weighted by atomic mass is 19.3. The fraction of sp³-hybridized carbons (Fsp3) is 0.100. The molecular formula is C10H7F3O2. The number of alkyl halides is 2. The highest BCUT2D eigenvalue weighted by Crippen LogP contribution is 2.21. The second-order valence-corrected chi connectivity index (χ2v) is 2.56. The first-order valence-corrected chi connectivity index (χ1v) is 3.99. The summed E-state index contributed by atoms with van der Waals surface area (Å²) >= 11 is 0. The zero-order valence-electron chi connectivity index (χ0n) is 7.49. The van der Waals surface area contributed by atoms with E-state index in [2.05, 4.69) is 4.74 Å². The first-order valence-electron chi connectivity index (χ1n) is 3.99. The lowest BCUT2D eigenvalue weighted by molar-refractivity contribution is -0.104. The van der Waals surface area contributed by atoms with Gasteiger partial charge in [0.05, 0.1) is 0 Å². The lowest BCUT2D eigenvalue weighted by atomic mass is 10.2. The molecule has 0 heterocycles. The van der Waals surface area contributed by atoms with Crippen molar-refractivity contribution in [3.8, 4) is 5.75 Å². The Morgan fingerprint density at radius 1 is 1.33 bits per heavy atom. The number of rotatable bonds is 4. The van der Waals surface area contributed by atoms with Crippen LogP contribution >= 0.6 is 0 Å². The highest BCUT2D eigenvalue weighted by Gasteiger charge is 2.09. The summed E-state index contributed by atoms with van der Waals surface area (Å²) in [6, 6.07) is 3.41. The van der Waals surface area contributed by atoms with E-state index in [0.717, 1.165) is 12.1 Å². The molecule has 1 rings (SSSR count). The molecule has 1 aromatic carbocycles. The zero-order valence-corrected chi connectivity index (χ0v) is 7.49. The van der Waals surface area contributed by atoms with Gasteiger partial charge in [0.2, 0.25) is 0 Å². The van der Waals surface area contributed by atoms with Crippen LogP contribution in [-0.2, 0) is 4.79 Å². The number of aldehydes is 1. The van der Waals surface area contributed by atoms with E-state index < -0.39 is 18.2 Å². The number of hydrogen-bond donors (Lipinski definition) is 0. The van der Waals surface area contributed by atoms with Gasteiger partial charge in [0.25, 0.3) is 0 Å². The Hall–Kier alpha value is -1.78. The molecule has 0 N–H and O–H groups in total. The maximum absolute atomic E-state index is 12.9. The maximum Gasteiger partial charge on any atom is 0.387 e. The predicted octanol–water partition coefficient (Wildman–Crippen LogP) is 2.64. The first kappa shape index (κ1) is 11.3. The molecule has 0 unspecified atom stereocenters. The standard InChI is InChI=1S/C10H7F3O2/c11-8-4-3-7(2-1-5-14)6-9(8)15-10(12)13/h1-6,10H/b2-1+. The molecule has 1 aromatic rings. The van der Waals surface area contributed by atoms with Gasteiger partial charge in [-0.15, -0.1) is 0 Å². The number of carbonyl (C=O) groups is 1. The fourth-order valence-corrected chi connectivity index (χ4v) is 0.960. The van der Waals surface area contributed by atoms with E-state index in [9.17, 15) is 18.0 Å². The molecule has 0 aliphatic heterocycles. The van der Waals surface area contributed by atoms with Gasteiger partial charge in [0.1, 0.15) is 6.29 Å². The van der Waals surface area contributed by atoms with Gasteiger partial charge >= 0.3 is 6.61 Å². The first-order chi connectivity index (χ1) is 7.13. The van der Waals surface area contributed by atoms with Crippen LogP contribution in [0.25, 0.3) is 6.08 Å². The van der Waals surface area contributed by atoms with Crippen molar-refractivity contribution in [2.45, 2.75) is 6.61 Å². The van der Waals surface area contributed by atoms with Crippen LogP contribution in [0.15, 0.2) is 24.3 Å². The molecule has 0 aromatic heterocycles. The van der Waals surface area contributed by atoms with Crippen LogP contribution in [0.1, 0.15) is 5.56 Å². The molecule has 0 fully saturated rings. The topological polar surface area (TPSA) is 26.3 Å². The van der Waals surface area contributed by atoms with Crippen molar-refractivity contribution in [3.05, 3.63) is 35.7 Å². The van der Waals surface area contributed by atoms with Gasteiger partial charge in [-0.3, -0.25) is 4.79 Å². The minimum atomic E-state index is -3.08. The van der Waals surface area contributed by atoms with Crippen molar-refractivity contribution in [3.63, 3.8) is 0 Å². The van der Waals surface area contributed by atoms with Crippen molar-refractivity contribution >= 4 is 12.4 Å². The van der Waals surface area contributed by atoms with Gasteiger partial charge < -0.3 is 4.74 Å². The van der Waals surface area contributed by atoms with Gasteiger partial charge in [-0.05, 0) is 23.8 Å². The van der Waals surface area contributed by atoms with Crippen molar-refractivity contribution in [1.82, 2.24) is 0 Å². The van der Waals surface area contributed by atoms with Crippen molar-refractivity contribution in [2.75, 3.05) is 0 Å². The van der Waals surface area contributed by atoms with Gasteiger partial charge in [-0.1, -0.05) is 12.1 Å². The van der Waals surface area contributed by atoms with Crippen LogP contribution in [-0.4, -0.2) is 12.9 Å². The summed E-state index contributed by atoms with van der Waals surface area (Å²) in [4.78, 5) is 10.00. The minimum Gasteiger partial charge on any atom is -0.432 e. The van der Waals surface area contributed by atoms with Crippen molar-refractivity contribution in [2.24, 2.45) is 0 Å². The Bertz CT molecular complexity index is 375. The molecule has 2 nitrogen and oxygen atoms in total. The maximum atomic E-state index is 12.9. The zero-order chi connectivity index (χ0) is 11.3. The molecular weight excluding hydrogens is 209 g/mol. The molecule has 0 bridgehead atoms. The SMILES string of the molecule is O=C/C=C/c1ccc(F)c(OC(F)F)c1. The van der Waals surface area contributed by atoms with Crippen LogP contribution in [0, 0.1) is 5.82 Å². The molecule has 0 spiro atoms. The number of allylic oxidation sites excluding steroid dienone is 1. The van der Waals surface area contributed by atoms with E-state index in [0.29, 0.717) is 11.8 Å². The number of benzene rings is 1. The number of carbonyl (C=O) groups excluding carboxylic acids is 1. The fourth-order valence-electron chi connectivity index (χ4n) is 0.960. The molecule has 15 heavy (non-hydrogen) atoms. The van der Waals surface area contributed by atoms with Crippen molar-refractivity contribution < 1.29 is 22.7 Å². The summed E-state index contributed by atoms with van der Waals surface area (Å²) in [6.07, 6.45) is 3.04. The Morgan fingerprint density at radius 2 is 2.07 bits per heavy atom. The van der Waals surface area contributed by atoms with Crippen LogP contribution in [0.3, 0.4) is 0 Å². The number of halogens is 3. The molecule has 0 atom stereocenters. The molecule has 0 aliphatic carbocycles. The van der Waals surface area contributed by atoms with E-state index in [1.807, 2.05) is 0 Å². The van der Waals surface area contributed by atoms with Crippen LogP contribution < -0.4 is 4.74 Å². The molecule has 0 saturated carbocycles. The number of ether oxygens (including phenoxy) is 1. The Morgan fingerprint density at radius 3 is 2.67 bits per heavy atom. The van der Waals surface area contributed by atoms with Gasteiger partial charge in [-0.25, -0.2) is 4.39 Å². The van der Waals surface area contributed by atoms with Gasteiger partial charge in [0.15, 0.2) is 11.6 Å². The average molecular weight is 216 g/mol. The molecule has 80 valence electrons. The Kier molecular flexibility index (Phi) is 3.91. The summed E-state index contributed by atoms with van der Waals surface area (Å²) < 4.78 is 40.5. The second kappa shape index (κ2) is 5.19. The van der Waals surface area contributed by atoms with E-state index in [1.54, 1.807) is 0 Å². The normalized spacial score (nSPS) is 10.9. The predicted molar refractivity (Wildman–Crippen MR) is 48.1 cm³/mol. The van der Waals surface area contributed by atoms with Crippen LogP contribution in [0.2, 0.25) is 0 Å². The van der Waals surface area contributed by atoms with Crippen molar-refractivity contribution in [1.29, 1.82) is 0 Å². The quantitative estimate of drug-likeness (QED) is 0.571. The summed E-state index contributed by atoms with van der Waals surface area (Å²) in [5, 5.41) is 0. The molecule has 0 amide bonds. The molecule has 0 aliphatic rings. The second-order valence-electron chi connectivity index (χ2n) is 2.56. The van der Waals surface area contributed by atoms with E-state index >= 15 is 0 Å². The summed E-state index contributed by atoms with van der Waals surface area (Å²) in [6.45, 7) is -3.08. The largest absolute Gasteiger partial charge is 0.432 e. The smallest absolute Gasteiger partial charge is 0.387 e. The minimum absolute atomic E-state index is 0.402. The van der Waals surface area contributed by atoms with E-state index in [4.69, 9.17) is 0 Å². The monoisotopic (exact) mass is 216 g/mol. The van der Waals surface area contributed by atoms with Crippen LogP contribution in [0.5, 0.6) is 5.75 Å². The Balaban J connectivity index is 2.94. The van der Waals surface area contributed by atoms with E-state index in [1.165, 1.54) is 18.2 Å². The molecule has 0 saturated heterocycles. The number of hydrogen-bond acceptors (Lipinski definition) is 2. The lowest BCUT2D eigenvalue weighted by Crippen LogP contribution is -2.03. The van der Waals surface area contributed by atoms with E-state index in [-0.39, 0.29) is 0 Å². The highest BCUT2D eigenvalue weighted by molar-refractivity contribution is 5.74. The molecule has 0 radical (unpaired) electrons. The third-order valence-electron chi connectivity index (χ3n) is 1.54. The third kappa shape index (κ3) is 3.46. The summed E-state index contributed by atoms with van der Waals surface area (Å²) in [5.41, 5.74) is 0.402. The summed E-state index contributed by atoms with van der Waals surface area (Å²) in [7, 11) is 0.